The van der Waals surface area contributed by atoms with Gasteiger partial charge < -0.3 is 10.8 Å². The van der Waals surface area contributed by atoms with E-state index in [1.54, 1.807) is 4.68 Å². The van der Waals surface area contributed by atoms with Gasteiger partial charge in [0.05, 0.1) is 18.8 Å². The van der Waals surface area contributed by atoms with Gasteiger partial charge in [-0.25, -0.2) is 0 Å². The zero-order valence-electron chi connectivity index (χ0n) is 10.9. The van der Waals surface area contributed by atoms with E-state index in [4.69, 9.17) is 22.4 Å². The third kappa shape index (κ3) is 2.97. The molecule has 102 valence electrons. The number of aryl methyl sites for hydroxylation is 1. The number of aliphatic hydroxyl groups excluding tert-OH is 1. The minimum atomic E-state index is -0.0125. The van der Waals surface area contributed by atoms with Crippen molar-refractivity contribution in [2.75, 3.05) is 13.2 Å². The summed E-state index contributed by atoms with van der Waals surface area (Å²) in [6, 6.07) is 9.68. The van der Waals surface area contributed by atoms with Crippen molar-refractivity contribution in [2.45, 2.75) is 19.4 Å². The Hall–Kier alpha value is -1.36. The predicted octanol–water partition coefficient (Wildman–Crippen LogP) is 1.93. The summed E-state index contributed by atoms with van der Waals surface area (Å²) in [4.78, 5) is 0. The lowest BCUT2D eigenvalue weighted by Gasteiger charge is -2.18. The molecule has 1 heterocycles. The van der Waals surface area contributed by atoms with Crippen molar-refractivity contribution in [3.05, 3.63) is 52.3 Å². The molecule has 1 aromatic carbocycles. The van der Waals surface area contributed by atoms with Gasteiger partial charge in [-0.05, 0) is 24.6 Å². The third-order valence-corrected chi connectivity index (χ3v) is 3.46. The van der Waals surface area contributed by atoms with Crippen LogP contribution in [-0.2, 0) is 6.54 Å². The first kappa shape index (κ1) is 14.1. The summed E-state index contributed by atoms with van der Waals surface area (Å²) in [6.45, 7) is 2.88. The smallest absolute Gasteiger partial charge is 0.0644 e. The third-order valence-electron chi connectivity index (χ3n) is 3.12. The van der Waals surface area contributed by atoms with E-state index in [0.29, 0.717) is 18.1 Å². The Morgan fingerprint density at radius 3 is 2.79 bits per heavy atom. The van der Waals surface area contributed by atoms with Crippen LogP contribution in [0, 0.1) is 6.92 Å². The van der Waals surface area contributed by atoms with Gasteiger partial charge in [-0.2, -0.15) is 5.10 Å². The summed E-state index contributed by atoms with van der Waals surface area (Å²) < 4.78 is 1.80. The molecule has 0 aliphatic heterocycles. The number of hydrogen-bond acceptors (Lipinski definition) is 3. The van der Waals surface area contributed by atoms with E-state index in [1.807, 2.05) is 37.3 Å². The van der Waals surface area contributed by atoms with Crippen molar-refractivity contribution in [2.24, 2.45) is 5.73 Å². The monoisotopic (exact) mass is 279 g/mol. The Morgan fingerprint density at radius 1 is 1.42 bits per heavy atom. The van der Waals surface area contributed by atoms with Crippen LogP contribution >= 0.6 is 11.6 Å². The Kier molecular flexibility index (Phi) is 4.58. The quantitative estimate of drug-likeness (QED) is 0.879. The molecule has 0 aliphatic carbocycles. The Balaban J connectivity index is 2.45. The second-order valence-electron chi connectivity index (χ2n) is 4.47. The number of nitrogens with zero attached hydrogens (tertiary/aromatic N) is 2. The summed E-state index contributed by atoms with van der Waals surface area (Å²) in [5.74, 6) is -0.0125. The first-order valence-corrected chi connectivity index (χ1v) is 6.65. The molecule has 2 aromatic rings. The highest BCUT2D eigenvalue weighted by molar-refractivity contribution is 6.31. The number of hydrogen-bond donors (Lipinski definition) is 2. The fourth-order valence-electron chi connectivity index (χ4n) is 2.28. The topological polar surface area (TPSA) is 64.1 Å². The second-order valence-corrected chi connectivity index (χ2v) is 4.87. The minimum Gasteiger partial charge on any atom is -0.394 e. The Labute approximate surface area is 117 Å². The van der Waals surface area contributed by atoms with Gasteiger partial charge in [0.15, 0.2) is 0 Å². The lowest BCUT2D eigenvalue weighted by molar-refractivity contribution is 0.266. The van der Waals surface area contributed by atoms with Gasteiger partial charge in [-0.3, -0.25) is 4.68 Å². The average molecular weight is 280 g/mol. The highest BCUT2D eigenvalue weighted by Crippen LogP contribution is 2.29. The van der Waals surface area contributed by atoms with Gasteiger partial charge in [0.2, 0.25) is 0 Å². The first-order valence-electron chi connectivity index (χ1n) is 6.27. The van der Waals surface area contributed by atoms with Gasteiger partial charge in [-0.1, -0.05) is 29.8 Å². The average Bonchev–Trinajstić information content (AvgIpc) is 2.74. The number of halogens is 1. The summed E-state index contributed by atoms with van der Waals surface area (Å²) in [6.07, 6.45) is 0. The van der Waals surface area contributed by atoms with Gasteiger partial charge in [0.25, 0.3) is 0 Å². The van der Waals surface area contributed by atoms with Gasteiger partial charge >= 0.3 is 0 Å². The van der Waals surface area contributed by atoms with E-state index in [-0.39, 0.29) is 12.5 Å². The standard InChI is InChI=1S/C14H18ClN3O/c1-10-8-14(18(17-10)6-7-19)12(9-16)11-4-2-3-5-13(11)15/h2-5,8,12,19H,6-7,9,16H2,1H3. The maximum atomic E-state index is 9.11. The summed E-state index contributed by atoms with van der Waals surface area (Å²) >= 11 is 6.25. The number of nitrogens with two attached hydrogens (primary N) is 1. The maximum Gasteiger partial charge on any atom is 0.0644 e. The van der Waals surface area contributed by atoms with Gasteiger partial charge in [-0.15, -0.1) is 0 Å². The van der Waals surface area contributed by atoms with Crippen LogP contribution in [0.1, 0.15) is 22.9 Å². The zero-order chi connectivity index (χ0) is 13.8. The number of rotatable bonds is 5. The lowest BCUT2D eigenvalue weighted by Crippen LogP contribution is -2.19. The van der Waals surface area contributed by atoms with Crippen molar-refractivity contribution in [1.82, 2.24) is 9.78 Å². The molecule has 0 fully saturated rings. The normalized spacial score (nSPS) is 12.6. The van der Waals surface area contributed by atoms with Crippen LogP contribution < -0.4 is 5.73 Å². The molecule has 1 atom stereocenters. The Bertz CT molecular complexity index is 553. The number of aliphatic hydroxyl groups is 1. The Morgan fingerprint density at radius 2 is 2.16 bits per heavy atom. The van der Waals surface area contributed by atoms with Crippen LogP contribution in [0.15, 0.2) is 30.3 Å². The second kappa shape index (κ2) is 6.19. The van der Waals surface area contributed by atoms with Crippen molar-refractivity contribution in [3.8, 4) is 0 Å². The molecule has 19 heavy (non-hydrogen) atoms. The molecule has 0 amide bonds. The molecule has 0 aliphatic rings. The molecular weight excluding hydrogens is 262 g/mol. The molecule has 5 heteroatoms. The van der Waals surface area contributed by atoms with E-state index >= 15 is 0 Å². The van der Waals surface area contributed by atoms with E-state index in [9.17, 15) is 0 Å². The van der Waals surface area contributed by atoms with Gasteiger partial charge in [0, 0.05) is 23.2 Å². The lowest BCUT2D eigenvalue weighted by atomic mass is 9.95. The molecule has 0 bridgehead atoms. The molecule has 0 spiro atoms. The zero-order valence-corrected chi connectivity index (χ0v) is 11.6. The molecule has 0 radical (unpaired) electrons. The number of benzene rings is 1. The summed E-state index contributed by atoms with van der Waals surface area (Å²) in [7, 11) is 0. The predicted molar refractivity (Wildman–Crippen MR) is 76.4 cm³/mol. The molecule has 1 unspecified atom stereocenters. The molecule has 0 saturated carbocycles. The largest absolute Gasteiger partial charge is 0.394 e. The molecular formula is C14H18ClN3O. The van der Waals surface area contributed by atoms with Crippen molar-refractivity contribution < 1.29 is 5.11 Å². The molecule has 3 N–H and O–H groups in total. The van der Waals surface area contributed by atoms with Crippen molar-refractivity contribution in [3.63, 3.8) is 0 Å². The van der Waals surface area contributed by atoms with Crippen molar-refractivity contribution in [1.29, 1.82) is 0 Å². The first-order chi connectivity index (χ1) is 9.17. The van der Waals surface area contributed by atoms with Crippen LogP contribution in [0.2, 0.25) is 5.02 Å². The maximum absolute atomic E-state index is 9.11. The van der Waals surface area contributed by atoms with Crippen molar-refractivity contribution >= 4 is 11.6 Å². The molecule has 0 saturated heterocycles. The van der Waals surface area contributed by atoms with E-state index < -0.39 is 0 Å². The van der Waals surface area contributed by atoms with E-state index in [0.717, 1.165) is 17.0 Å². The molecule has 4 nitrogen and oxygen atoms in total. The highest BCUT2D eigenvalue weighted by Gasteiger charge is 2.20. The van der Waals surface area contributed by atoms with E-state index in [2.05, 4.69) is 5.10 Å². The van der Waals surface area contributed by atoms with Crippen LogP contribution in [0.25, 0.3) is 0 Å². The van der Waals surface area contributed by atoms with Crippen LogP contribution in [0.3, 0.4) is 0 Å². The molecule has 2 rings (SSSR count). The molecule has 1 aromatic heterocycles. The van der Waals surface area contributed by atoms with Crippen LogP contribution in [-0.4, -0.2) is 28.0 Å². The minimum absolute atomic E-state index is 0.0125. The van der Waals surface area contributed by atoms with Crippen LogP contribution in [0.4, 0.5) is 0 Å². The SMILES string of the molecule is Cc1cc(C(CN)c2ccccc2Cl)n(CCO)n1. The fraction of sp³-hybridized carbons (Fsp3) is 0.357. The fourth-order valence-corrected chi connectivity index (χ4v) is 2.55. The van der Waals surface area contributed by atoms with E-state index in [1.165, 1.54) is 0 Å². The van der Waals surface area contributed by atoms with Gasteiger partial charge in [0.1, 0.15) is 0 Å². The summed E-state index contributed by atoms with van der Waals surface area (Å²) in [5, 5.41) is 14.2. The van der Waals surface area contributed by atoms with Crippen LogP contribution in [0.5, 0.6) is 0 Å². The highest BCUT2D eigenvalue weighted by atomic mass is 35.5. The number of aromatic nitrogens is 2. The summed E-state index contributed by atoms with van der Waals surface area (Å²) in [5.41, 5.74) is 8.81.